The van der Waals surface area contributed by atoms with E-state index in [1.54, 1.807) is 18.3 Å². The Labute approximate surface area is 128 Å². The Balaban J connectivity index is 2.04. The highest BCUT2D eigenvalue weighted by Crippen LogP contribution is 2.29. The molecule has 1 aromatic heterocycles. The van der Waals surface area contributed by atoms with Gasteiger partial charge in [0.25, 0.3) is 0 Å². The summed E-state index contributed by atoms with van der Waals surface area (Å²) in [7, 11) is 0. The number of hydrogen-bond acceptors (Lipinski definition) is 2. The lowest BCUT2D eigenvalue weighted by Gasteiger charge is -2.08. The molecule has 2 rings (SSSR count). The average molecular weight is 358 g/mol. The topological polar surface area (TPSA) is 30.0 Å². The lowest BCUT2D eigenvalue weighted by Crippen LogP contribution is -2.10. The molecule has 0 atom stereocenters. The van der Waals surface area contributed by atoms with Gasteiger partial charge in [0.15, 0.2) is 0 Å². The smallest absolute Gasteiger partial charge is 0.299 e. The second-order valence-corrected chi connectivity index (χ2v) is 5.47. The van der Waals surface area contributed by atoms with Gasteiger partial charge in [-0.2, -0.15) is 13.2 Å². The van der Waals surface area contributed by atoms with Crippen LogP contribution in [0.5, 0.6) is 0 Å². The fourth-order valence-electron chi connectivity index (χ4n) is 1.86. The molecule has 6 heteroatoms. The van der Waals surface area contributed by atoms with E-state index in [-0.39, 0.29) is 18.6 Å². The molecule has 0 spiro atoms. The molecule has 0 aliphatic heterocycles. The molecule has 0 radical (unpaired) electrons. The first-order valence-electron chi connectivity index (χ1n) is 6.13. The number of alkyl halides is 3. The Bertz CT molecular complexity index is 638. The summed E-state index contributed by atoms with van der Waals surface area (Å²) in [5, 5.41) is 0. The van der Waals surface area contributed by atoms with Crippen molar-refractivity contribution in [3.05, 3.63) is 63.9 Å². The number of aromatic nitrogens is 1. The molecule has 0 aliphatic carbocycles. The van der Waals surface area contributed by atoms with Crippen LogP contribution in [0.15, 0.2) is 47.1 Å². The van der Waals surface area contributed by atoms with Crippen molar-refractivity contribution in [2.45, 2.75) is 19.0 Å². The summed E-state index contributed by atoms with van der Waals surface area (Å²) in [4.78, 5) is 16.0. The van der Waals surface area contributed by atoms with Gasteiger partial charge in [0.05, 0.1) is 5.56 Å². The van der Waals surface area contributed by atoms with Gasteiger partial charge in [0.1, 0.15) is 5.78 Å². The minimum absolute atomic E-state index is 0.0400. The number of benzene rings is 1. The maximum Gasteiger partial charge on any atom is 0.416 e. The molecule has 2 nitrogen and oxygen atoms in total. The van der Waals surface area contributed by atoms with Gasteiger partial charge in [-0.3, -0.25) is 9.78 Å². The predicted molar refractivity (Wildman–Crippen MR) is 75.8 cm³/mol. The molecule has 110 valence electrons. The van der Waals surface area contributed by atoms with Crippen LogP contribution in [-0.2, 0) is 23.8 Å². The van der Waals surface area contributed by atoms with E-state index in [1.807, 2.05) is 0 Å². The lowest BCUT2D eigenvalue weighted by atomic mass is 10.0. The Morgan fingerprint density at radius 3 is 2.52 bits per heavy atom. The van der Waals surface area contributed by atoms with Crippen LogP contribution in [0, 0.1) is 0 Å². The average Bonchev–Trinajstić information content (AvgIpc) is 2.41. The quantitative estimate of drug-likeness (QED) is 0.819. The first-order chi connectivity index (χ1) is 9.84. The van der Waals surface area contributed by atoms with Crippen LogP contribution in [0.4, 0.5) is 13.2 Å². The number of pyridine rings is 1. The number of carbonyl (C=O) groups excluding carboxylic acids is 1. The van der Waals surface area contributed by atoms with Gasteiger partial charge in [0, 0.05) is 29.2 Å². The minimum Gasteiger partial charge on any atom is -0.299 e. The molecule has 0 bridgehead atoms. The van der Waals surface area contributed by atoms with Crippen LogP contribution < -0.4 is 0 Å². The summed E-state index contributed by atoms with van der Waals surface area (Å²) >= 11 is 3.24. The third-order valence-electron chi connectivity index (χ3n) is 2.82. The van der Waals surface area contributed by atoms with Gasteiger partial charge >= 0.3 is 6.18 Å². The predicted octanol–water partition coefficient (Wildman–Crippen LogP) is 4.22. The zero-order valence-electron chi connectivity index (χ0n) is 10.8. The van der Waals surface area contributed by atoms with E-state index in [0.717, 1.165) is 16.6 Å². The van der Waals surface area contributed by atoms with E-state index in [0.29, 0.717) is 11.3 Å². The van der Waals surface area contributed by atoms with Crippen molar-refractivity contribution in [2.75, 3.05) is 0 Å². The van der Waals surface area contributed by atoms with Gasteiger partial charge < -0.3 is 0 Å². The minimum atomic E-state index is -4.40. The maximum absolute atomic E-state index is 12.6. The van der Waals surface area contributed by atoms with E-state index in [4.69, 9.17) is 0 Å². The highest BCUT2D eigenvalue weighted by molar-refractivity contribution is 9.10. The molecule has 1 aromatic carbocycles. The monoisotopic (exact) mass is 357 g/mol. The Morgan fingerprint density at radius 2 is 1.90 bits per heavy atom. The number of ketones is 1. The van der Waals surface area contributed by atoms with Crippen molar-refractivity contribution in [1.29, 1.82) is 0 Å². The van der Waals surface area contributed by atoms with Crippen LogP contribution in [0.1, 0.15) is 16.8 Å². The van der Waals surface area contributed by atoms with Crippen LogP contribution in [-0.4, -0.2) is 10.8 Å². The summed E-state index contributed by atoms with van der Waals surface area (Å²) in [6.07, 6.45) is -2.76. The largest absolute Gasteiger partial charge is 0.416 e. The maximum atomic E-state index is 12.6. The van der Waals surface area contributed by atoms with E-state index >= 15 is 0 Å². The zero-order valence-corrected chi connectivity index (χ0v) is 12.4. The standard InChI is InChI=1S/C15H11BrF3NO/c16-12-4-5-13(20-9-12)8-14(21)7-10-2-1-3-11(6-10)15(17,18)19/h1-6,9H,7-8H2. The van der Waals surface area contributed by atoms with Crippen LogP contribution in [0.2, 0.25) is 0 Å². The Hall–Kier alpha value is -1.69. The van der Waals surface area contributed by atoms with Crippen LogP contribution in [0.25, 0.3) is 0 Å². The SMILES string of the molecule is O=C(Cc1cccc(C(F)(F)F)c1)Cc1ccc(Br)cn1. The van der Waals surface area contributed by atoms with Crippen molar-refractivity contribution in [3.63, 3.8) is 0 Å². The van der Waals surface area contributed by atoms with Gasteiger partial charge in [-0.1, -0.05) is 18.2 Å². The second kappa shape index (κ2) is 6.39. The fraction of sp³-hybridized carbons (Fsp3) is 0.200. The van der Waals surface area contributed by atoms with Gasteiger partial charge in [-0.25, -0.2) is 0 Å². The third-order valence-corrected chi connectivity index (χ3v) is 3.29. The molecule has 0 amide bonds. The number of rotatable bonds is 4. The molecule has 0 fully saturated rings. The highest BCUT2D eigenvalue weighted by atomic mass is 79.9. The molecule has 0 N–H and O–H groups in total. The lowest BCUT2D eigenvalue weighted by molar-refractivity contribution is -0.137. The first kappa shape index (κ1) is 15.7. The molecule has 2 aromatic rings. The van der Waals surface area contributed by atoms with Crippen molar-refractivity contribution in [2.24, 2.45) is 0 Å². The molecule has 0 unspecified atom stereocenters. The normalized spacial score (nSPS) is 11.4. The number of Topliss-reactive ketones (excluding diaryl/α,β-unsaturated/α-hetero) is 1. The molecule has 0 aliphatic rings. The zero-order chi connectivity index (χ0) is 15.5. The van der Waals surface area contributed by atoms with E-state index in [2.05, 4.69) is 20.9 Å². The highest BCUT2D eigenvalue weighted by Gasteiger charge is 2.30. The van der Waals surface area contributed by atoms with Crippen molar-refractivity contribution in [1.82, 2.24) is 4.98 Å². The summed E-state index contributed by atoms with van der Waals surface area (Å²) in [6.45, 7) is 0. The molecular weight excluding hydrogens is 347 g/mol. The summed E-state index contributed by atoms with van der Waals surface area (Å²) in [5.41, 5.74) is 0.205. The Morgan fingerprint density at radius 1 is 1.14 bits per heavy atom. The molecule has 0 saturated carbocycles. The molecule has 1 heterocycles. The summed E-state index contributed by atoms with van der Waals surface area (Å²) in [6, 6.07) is 8.29. The van der Waals surface area contributed by atoms with Gasteiger partial charge in [-0.15, -0.1) is 0 Å². The van der Waals surface area contributed by atoms with Crippen LogP contribution in [0.3, 0.4) is 0 Å². The third kappa shape index (κ3) is 4.67. The van der Waals surface area contributed by atoms with Crippen molar-refractivity contribution in [3.8, 4) is 0 Å². The van der Waals surface area contributed by atoms with E-state index in [9.17, 15) is 18.0 Å². The molecule has 0 saturated heterocycles. The summed E-state index contributed by atoms with van der Waals surface area (Å²) < 4.78 is 38.6. The second-order valence-electron chi connectivity index (χ2n) is 4.56. The number of carbonyl (C=O) groups is 1. The number of halogens is 4. The fourth-order valence-corrected chi connectivity index (χ4v) is 2.10. The van der Waals surface area contributed by atoms with Gasteiger partial charge in [0.2, 0.25) is 0 Å². The van der Waals surface area contributed by atoms with E-state index in [1.165, 1.54) is 12.1 Å². The van der Waals surface area contributed by atoms with Crippen LogP contribution >= 0.6 is 15.9 Å². The number of hydrogen-bond donors (Lipinski definition) is 0. The summed E-state index contributed by atoms with van der Waals surface area (Å²) in [5.74, 6) is -0.177. The first-order valence-corrected chi connectivity index (χ1v) is 6.92. The molecular formula is C15H11BrF3NO. The Kier molecular flexibility index (Phi) is 4.77. The number of nitrogens with zero attached hydrogens (tertiary/aromatic N) is 1. The van der Waals surface area contributed by atoms with Gasteiger partial charge in [-0.05, 0) is 39.7 Å². The van der Waals surface area contributed by atoms with Crippen molar-refractivity contribution >= 4 is 21.7 Å². The van der Waals surface area contributed by atoms with Crippen molar-refractivity contribution < 1.29 is 18.0 Å². The molecule has 21 heavy (non-hydrogen) atoms. The van der Waals surface area contributed by atoms with E-state index < -0.39 is 11.7 Å².